The largest absolute Gasteiger partial charge is 0.444 e. The van der Waals surface area contributed by atoms with Gasteiger partial charge in [-0.05, 0) is 32.9 Å². The van der Waals surface area contributed by atoms with Gasteiger partial charge in [0.1, 0.15) is 17.2 Å². The van der Waals surface area contributed by atoms with Crippen molar-refractivity contribution in [3.8, 4) is 11.8 Å². The Bertz CT molecular complexity index is 519. The van der Waals surface area contributed by atoms with Gasteiger partial charge in [0, 0.05) is 13.0 Å². The van der Waals surface area contributed by atoms with Crippen molar-refractivity contribution < 1.29 is 18.3 Å². The Balaban J connectivity index is 2.43. The van der Waals surface area contributed by atoms with Gasteiger partial charge in [0.15, 0.2) is 0 Å². The van der Waals surface area contributed by atoms with Gasteiger partial charge in [0.25, 0.3) is 0 Å². The monoisotopic (exact) mass is 281 g/mol. The number of amides is 1. The second-order valence-electron chi connectivity index (χ2n) is 5.08. The number of halogens is 2. The van der Waals surface area contributed by atoms with Gasteiger partial charge in [0.2, 0.25) is 0 Å². The van der Waals surface area contributed by atoms with Crippen LogP contribution in [0.5, 0.6) is 0 Å². The van der Waals surface area contributed by atoms with Gasteiger partial charge < -0.3 is 10.1 Å². The molecule has 0 radical (unpaired) electrons. The molecule has 1 aromatic rings. The van der Waals surface area contributed by atoms with E-state index in [1.807, 2.05) is 0 Å². The van der Waals surface area contributed by atoms with Crippen LogP contribution in [0.2, 0.25) is 0 Å². The molecule has 0 unspecified atom stereocenters. The van der Waals surface area contributed by atoms with Gasteiger partial charge >= 0.3 is 6.09 Å². The molecule has 108 valence electrons. The molecule has 5 heteroatoms. The molecule has 0 fully saturated rings. The summed E-state index contributed by atoms with van der Waals surface area (Å²) in [5.74, 6) is 3.62. The molecule has 0 saturated carbocycles. The normalized spacial score (nSPS) is 10.4. The highest BCUT2D eigenvalue weighted by atomic mass is 19.1. The highest BCUT2D eigenvalue weighted by Gasteiger charge is 2.15. The Morgan fingerprint density at radius 2 is 1.90 bits per heavy atom. The van der Waals surface area contributed by atoms with E-state index < -0.39 is 23.3 Å². The first-order chi connectivity index (χ1) is 9.29. The number of carbonyl (C=O) groups excluding carboxylic acids is 1. The van der Waals surface area contributed by atoms with Gasteiger partial charge in [-0.3, -0.25) is 0 Å². The van der Waals surface area contributed by atoms with Crippen molar-refractivity contribution >= 4 is 6.09 Å². The van der Waals surface area contributed by atoms with E-state index in [0.29, 0.717) is 0 Å². The molecule has 0 atom stereocenters. The summed E-state index contributed by atoms with van der Waals surface area (Å²) in [7, 11) is 0. The van der Waals surface area contributed by atoms with E-state index >= 15 is 0 Å². The standard InChI is InChI=1S/C15H17F2NO2/c1-15(2,3)20-14(19)18-10-5-4-7-11-12(16)8-6-9-13(11)17/h6,8-9H,5,10H2,1-3H3,(H,18,19). The number of ether oxygens (including phenoxy) is 1. The van der Waals surface area contributed by atoms with Crippen molar-refractivity contribution in [3.63, 3.8) is 0 Å². The fourth-order valence-corrected chi connectivity index (χ4v) is 1.31. The number of alkyl carbamates (subject to hydrolysis) is 1. The first kappa shape index (κ1) is 16.0. The number of rotatable bonds is 2. The second kappa shape index (κ2) is 6.90. The molecule has 1 rings (SSSR count). The molecule has 0 heterocycles. The summed E-state index contributed by atoms with van der Waals surface area (Å²) in [5, 5.41) is 2.50. The van der Waals surface area contributed by atoms with E-state index in [1.54, 1.807) is 20.8 Å². The van der Waals surface area contributed by atoms with Gasteiger partial charge in [0.05, 0.1) is 5.56 Å². The molecule has 0 bridgehead atoms. The van der Waals surface area contributed by atoms with E-state index in [9.17, 15) is 13.6 Å². The molecule has 0 aliphatic carbocycles. The third-order valence-corrected chi connectivity index (χ3v) is 2.09. The third kappa shape index (κ3) is 5.70. The van der Waals surface area contributed by atoms with Crippen molar-refractivity contribution in [2.45, 2.75) is 32.8 Å². The smallest absolute Gasteiger partial charge is 0.407 e. The van der Waals surface area contributed by atoms with E-state index in [4.69, 9.17) is 4.74 Å². The summed E-state index contributed by atoms with van der Waals surface area (Å²) in [6, 6.07) is 3.57. The van der Waals surface area contributed by atoms with Crippen molar-refractivity contribution in [2.75, 3.05) is 6.54 Å². The van der Waals surface area contributed by atoms with Crippen LogP contribution in [0.3, 0.4) is 0 Å². The van der Waals surface area contributed by atoms with Crippen LogP contribution in [0.1, 0.15) is 32.8 Å². The predicted molar refractivity (Wildman–Crippen MR) is 72.1 cm³/mol. The first-order valence-electron chi connectivity index (χ1n) is 6.19. The molecule has 3 nitrogen and oxygen atoms in total. The van der Waals surface area contributed by atoms with E-state index in [1.165, 1.54) is 6.07 Å². The van der Waals surface area contributed by atoms with E-state index in [0.717, 1.165) is 12.1 Å². The third-order valence-electron chi connectivity index (χ3n) is 2.09. The molecule has 1 amide bonds. The van der Waals surface area contributed by atoms with Crippen LogP contribution >= 0.6 is 0 Å². The number of nitrogens with one attached hydrogen (secondary N) is 1. The zero-order chi connectivity index (χ0) is 15.2. The van der Waals surface area contributed by atoms with Crippen molar-refractivity contribution in [2.24, 2.45) is 0 Å². The number of hydrogen-bond acceptors (Lipinski definition) is 2. The average molecular weight is 281 g/mol. The van der Waals surface area contributed by atoms with E-state index in [-0.39, 0.29) is 18.5 Å². The fourth-order valence-electron chi connectivity index (χ4n) is 1.31. The Hall–Kier alpha value is -2.09. The van der Waals surface area contributed by atoms with Gasteiger partial charge in [-0.15, -0.1) is 0 Å². The van der Waals surface area contributed by atoms with Crippen molar-refractivity contribution in [3.05, 3.63) is 35.4 Å². The average Bonchev–Trinajstić information content (AvgIpc) is 2.29. The highest BCUT2D eigenvalue weighted by Crippen LogP contribution is 2.10. The van der Waals surface area contributed by atoms with Crippen LogP contribution in [-0.4, -0.2) is 18.2 Å². The Kier molecular flexibility index (Phi) is 5.51. The number of benzene rings is 1. The lowest BCUT2D eigenvalue weighted by molar-refractivity contribution is 0.0529. The lowest BCUT2D eigenvalue weighted by atomic mass is 10.2. The zero-order valence-corrected chi connectivity index (χ0v) is 11.7. The summed E-state index contributed by atoms with van der Waals surface area (Å²) in [4.78, 5) is 11.3. The van der Waals surface area contributed by atoms with Crippen LogP contribution in [0.25, 0.3) is 0 Å². The Morgan fingerprint density at radius 3 is 2.45 bits per heavy atom. The SMILES string of the molecule is CC(C)(C)OC(=O)NCCC#Cc1c(F)cccc1F. The molecule has 1 N–H and O–H groups in total. The lowest BCUT2D eigenvalue weighted by Crippen LogP contribution is -2.32. The lowest BCUT2D eigenvalue weighted by Gasteiger charge is -2.19. The molecule has 0 aromatic heterocycles. The molecular formula is C15H17F2NO2. The van der Waals surface area contributed by atoms with Crippen molar-refractivity contribution in [1.29, 1.82) is 0 Å². The minimum Gasteiger partial charge on any atom is -0.444 e. The minimum absolute atomic E-state index is 0.248. The molecule has 0 aliphatic rings. The summed E-state index contributed by atoms with van der Waals surface area (Å²) < 4.78 is 31.5. The fraction of sp³-hybridized carbons (Fsp3) is 0.400. The van der Waals surface area contributed by atoms with Crippen LogP contribution in [0.4, 0.5) is 13.6 Å². The zero-order valence-electron chi connectivity index (χ0n) is 11.7. The van der Waals surface area contributed by atoms with Crippen LogP contribution in [-0.2, 0) is 4.74 Å². The summed E-state index contributed by atoms with van der Waals surface area (Å²) >= 11 is 0. The second-order valence-corrected chi connectivity index (χ2v) is 5.08. The summed E-state index contributed by atoms with van der Waals surface area (Å²) in [6.45, 7) is 5.52. The molecular weight excluding hydrogens is 264 g/mol. The van der Waals surface area contributed by atoms with Gasteiger partial charge in [-0.2, -0.15) is 0 Å². The Labute approximate surface area is 117 Å². The summed E-state index contributed by atoms with van der Waals surface area (Å²) in [5.41, 5.74) is -0.823. The van der Waals surface area contributed by atoms with E-state index in [2.05, 4.69) is 17.2 Å². The molecule has 1 aromatic carbocycles. The molecule has 0 saturated heterocycles. The minimum atomic E-state index is -0.697. The highest BCUT2D eigenvalue weighted by molar-refractivity contribution is 5.67. The maximum absolute atomic E-state index is 13.2. The quantitative estimate of drug-likeness (QED) is 0.667. The van der Waals surface area contributed by atoms with Gasteiger partial charge in [-0.25, -0.2) is 13.6 Å². The van der Waals surface area contributed by atoms with Crippen LogP contribution in [0, 0.1) is 23.5 Å². The van der Waals surface area contributed by atoms with Crippen molar-refractivity contribution in [1.82, 2.24) is 5.32 Å². The van der Waals surface area contributed by atoms with Gasteiger partial charge in [-0.1, -0.05) is 17.9 Å². The van der Waals surface area contributed by atoms with Crippen LogP contribution < -0.4 is 5.32 Å². The molecule has 0 spiro atoms. The Morgan fingerprint density at radius 1 is 1.30 bits per heavy atom. The first-order valence-corrected chi connectivity index (χ1v) is 6.19. The maximum Gasteiger partial charge on any atom is 0.407 e. The number of carbonyl (C=O) groups is 1. The topological polar surface area (TPSA) is 38.3 Å². The van der Waals surface area contributed by atoms with Crippen LogP contribution in [0.15, 0.2) is 18.2 Å². The summed E-state index contributed by atoms with van der Waals surface area (Å²) in [6.07, 6.45) is -0.274. The predicted octanol–water partition coefficient (Wildman–Crippen LogP) is 3.23. The number of hydrogen-bond donors (Lipinski definition) is 1. The molecule has 0 aliphatic heterocycles. The molecule has 20 heavy (non-hydrogen) atoms. The maximum atomic E-state index is 13.2.